The van der Waals surface area contributed by atoms with E-state index >= 15 is 0 Å². The van der Waals surface area contributed by atoms with E-state index in [1.165, 1.54) is 7.11 Å². The molecule has 0 N–H and O–H groups in total. The molecule has 11 nitrogen and oxygen atoms in total. The van der Waals surface area contributed by atoms with Gasteiger partial charge in [0.2, 0.25) is 19.5 Å². The number of cyclic esters (lactones) is 1. The second kappa shape index (κ2) is 9.33. The fourth-order valence-corrected chi connectivity index (χ4v) is 5.61. The second-order valence-corrected chi connectivity index (χ2v) is 10.9. The van der Waals surface area contributed by atoms with Gasteiger partial charge < -0.3 is 33.2 Å². The number of carbonyl (C=O) groups is 3. The number of ether oxygens (including phenoxy) is 7. The molecule has 0 unspecified atom stereocenters. The summed E-state index contributed by atoms with van der Waals surface area (Å²) >= 11 is 0. The van der Waals surface area contributed by atoms with Crippen molar-refractivity contribution in [1.82, 2.24) is 4.90 Å². The first-order valence-corrected chi connectivity index (χ1v) is 12.7. The molecular weight excluding hydrogens is 510 g/mol. The van der Waals surface area contributed by atoms with E-state index in [2.05, 4.69) is 0 Å². The van der Waals surface area contributed by atoms with Crippen molar-refractivity contribution in [3.8, 4) is 23.0 Å². The Balaban J connectivity index is 1.46. The van der Waals surface area contributed by atoms with E-state index in [0.717, 1.165) is 4.90 Å². The minimum Gasteiger partial charge on any atom is -0.469 e. The van der Waals surface area contributed by atoms with Crippen LogP contribution in [0.1, 0.15) is 44.1 Å². The number of benzene rings is 2. The first-order chi connectivity index (χ1) is 18.7. The molecule has 206 valence electrons. The van der Waals surface area contributed by atoms with Crippen molar-refractivity contribution >= 4 is 18.0 Å². The summed E-state index contributed by atoms with van der Waals surface area (Å²) in [4.78, 5) is 41.8. The zero-order valence-electron chi connectivity index (χ0n) is 22.0. The Morgan fingerprint density at radius 1 is 0.821 bits per heavy atom. The van der Waals surface area contributed by atoms with Gasteiger partial charge in [-0.05, 0) is 40.8 Å². The van der Waals surface area contributed by atoms with Crippen LogP contribution in [0.4, 0.5) is 4.79 Å². The molecule has 0 aromatic heterocycles. The summed E-state index contributed by atoms with van der Waals surface area (Å²) in [5, 5.41) is 0. The molecule has 0 aliphatic carbocycles. The topological polar surface area (TPSA) is 119 Å². The molecule has 39 heavy (non-hydrogen) atoms. The molecule has 2 aromatic carbocycles. The molecule has 2 amide bonds. The van der Waals surface area contributed by atoms with E-state index in [-0.39, 0.29) is 20.2 Å². The molecule has 0 spiro atoms. The van der Waals surface area contributed by atoms with Gasteiger partial charge in [-0.1, -0.05) is 32.9 Å². The number of imide groups is 1. The van der Waals surface area contributed by atoms with E-state index in [1.807, 2.05) is 20.8 Å². The summed E-state index contributed by atoms with van der Waals surface area (Å²) in [6.45, 7) is 5.99. The highest BCUT2D eigenvalue weighted by Crippen LogP contribution is 2.53. The third-order valence-corrected chi connectivity index (χ3v) is 7.65. The number of fused-ring (bicyclic) bond motifs is 2. The van der Waals surface area contributed by atoms with Crippen LogP contribution in [0.3, 0.4) is 0 Å². The van der Waals surface area contributed by atoms with E-state index < -0.39 is 53.5 Å². The number of nitrogens with zero attached hydrogens (tertiary/aromatic N) is 1. The van der Waals surface area contributed by atoms with Crippen LogP contribution < -0.4 is 18.9 Å². The molecule has 0 saturated carbocycles. The van der Waals surface area contributed by atoms with Crippen molar-refractivity contribution < 1.29 is 47.5 Å². The van der Waals surface area contributed by atoms with Gasteiger partial charge in [0.1, 0.15) is 12.5 Å². The number of hydrogen-bond acceptors (Lipinski definition) is 10. The maximum atomic E-state index is 14.4. The Labute approximate surface area is 224 Å². The zero-order valence-corrected chi connectivity index (χ0v) is 22.0. The minimum atomic E-state index is -1.11. The number of methoxy groups -OCH3 is 1. The van der Waals surface area contributed by atoms with Gasteiger partial charge in [-0.2, -0.15) is 0 Å². The lowest BCUT2D eigenvalue weighted by atomic mass is 9.80. The van der Waals surface area contributed by atoms with Crippen LogP contribution in [0.2, 0.25) is 0 Å². The van der Waals surface area contributed by atoms with Crippen LogP contribution in [0.25, 0.3) is 0 Å². The van der Waals surface area contributed by atoms with Crippen molar-refractivity contribution in [2.24, 2.45) is 17.3 Å². The average molecular weight is 540 g/mol. The molecule has 4 aliphatic rings. The smallest absolute Gasteiger partial charge is 0.417 e. The molecule has 11 heteroatoms. The monoisotopic (exact) mass is 539 g/mol. The standard InChI is InChI=1S/C28H29NO10/c1-28(2,3)20-11-34-27(32)29(20)25(30)21-22(26(31)33-4)24(15-6-8-17-19(10-15)38-13-36-17)39-23(21)14-5-7-16-18(9-14)37-12-35-16/h5-10,20-24H,11-13H2,1-4H3/t20-,21-,22-,23+,24-/m1/s1. The summed E-state index contributed by atoms with van der Waals surface area (Å²) in [5.74, 6) is -1.26. The van der Waals surface area contributed by atoms with Gasteiger partial charge in [0.05, 0.1) is 31.3 Å². The molecule has 4 aliphatic heterocycles. The van der Waals surface area contributed by atoms with Gasteiger partial charge in [0, 0.05) is 0 Å². The number of amides is 2. The van der Waals surface area contributed by atoms with Crippen molar-refractivity contribution in [2.75, 3.05) is 27.3 Å². The lowest BCUT2D eigenvalue weighted by Crippen LogP contribution is -2.50. The van der Waals surface area contributed by atoms with Gasteiger partial charge >= 0.3 is 12.1 Å². The fourth-order valence-electron chi connectivity index (χ4n) is 5.61. The predicted octanol–water partition coefficient (Wildman–Crippen LogP) is 3.76. The van der Waals surface area contributed by atoms with E-state index in [9.17, 15) is 14.4 Å². The summed E-state index contributed by atoms with van der Waals surface area (Å²) in [6, 6.07) is 9.91. The van der Waals surface area contributed by atoms with E-state index in [1.54, 1.807) is 36.4 Å². The van der Waals surface area contributed by atoms with Crippen LogP contribution in [0.5, 0.6) is 23.0 Å². The Kier molecular flexibility index (Phi) is 6.05. The molecule has 2 saturated heterocycles. The Hall–Kier alpha value is -3.99. The van der Waals surface area contributed by atoms with E-state index in [4.69, 9.17) is 33.2 Å². The van der Waals surface area contributed by atoms with Crippen LogP contribution in [-0.2, 0) is 23.8 Å². The molecular formula is C28H29NO10. The molecule has 4 heterocycles. The van der Waals surface area contributed by atoms with E-state index in [0.29, 0.717) is 34.1 Å². The van der Waals surface area contributed by atoms with Crippen LogP contribution >= 0.6 is 0 Å². The molecule has 0 bridgehead atoms. The Morgan fingerprint density at radius 3 is 1.90 bits per heavy atom. The first-order valence-electron chi connectivity index (χ1n) is 12.7. The zero-order chi connectivity index (χ0) is 27.5. The van der Waals surface area contributed by atoms with Crippen LogP contribution in [0.15, 0.2) is 36.4 Å². The third-order valence-electron chi connectivity index (χ3n) is 7.65. The quantitative estimate of drug-likeness (QED) is 0.532. The predicted molar refractivity (Wildman–Crippen MR) is 132 cm³/mol. The van der Waals surface area contributed by atoms with Gasteiger partial charge in [-0.15, -0.1) is 0 Å². The number of carbonyl (C=O) groups excluding carboxylic acids is 3. The minimum absolute atomic E-state index is 0.0603. The Morgan fingerprint density at radius 2 is 1.36 bits per heavy atom. The largest absolute Gasteiger partial charge is 0.469 e. The highest BCUT2D eigenvalue weighted by atomic mass is 16.7. The van der Waals surface area contributed by atoms with Gasteiger partial charge in [-0.25, -0.2) is 9.69 Å². The maximum Gasteiger partial charge on any atom is 0.417 e. The Bertz CT molecular complexity index is 1330. The molecule has 2 aromatic rings. The molecule has 2 fully saturated rings. The molecule has 5 atom stereocenters. The lowest BCUT2D eigenvalue weighted by molar-refractivity contribution is -0.152. The molecule has 6 rings (SSSR count). The summed E-state index contributed by atoms with van der Waals surface area (Å²) < 4.78 is 39.0. The molecule has 0 radical (unpaired) electrons. The maximum absolute atomic E-state index is 14.4. The van der Waals surface area contributed by atoms with Gasteiger partial charge in [0.25, 0.3) is 0 Å². The average Bonchev–Trinajstić information content (AvgIpc) is 3.70. The summed E-state index contributed by atoms with van der Waals surface area (Å²) in [5.41, 5.74) is 0.731. The van der Waals surface area contributed by atoms with Crippen LogP contribution in [0, 0.1) is 17.3 Å². The number of rotatable bonds is 4. The SMILES string of the molecule is COC(=O)[C@@H]1[C@@H](C(=O)N2C(=O)OC[C@@H]2C(C)(C)C)[C@H](c2ccc3c(c2)OCO3)O[C@@H]1c1ccc2c(c1)OCO2. The van der Waals surface area contributed by atoms with Gasteiger partial charge in [0.15, 0.2) is 23.0 Å². The number of hydrogen-bond donors (Lipinski definition) is 0. The summed E-state index contributed by atoms with van der Waals surface area (Å²) in [7, 11) is 1.26. The van der Waals surface area contributed by atoms with Crippen molar-refractivity contribution in [2.45, 2.75) is 39.0 Å². The number of esters is 1. The third kappa shape index (κ3) is 4.21. The van der Waals surface area contributed by atoms with Crippen LogP contribution in [-0.4, -0.2) is 56.2 Å². The van der Waals surface area contributed by atoms with Crippen molar-refractivity contribution in [1.29, 1.82) is 0 Å². The highest BCUT2D eigenvalue weighted by molar-refractivity contribution is 5.97. The van der Waals surface area contributed by atoms with Crippen molar-refractivity contribution in [3.05, 3.63) is 47.5 Å². The first kappa shape index (κ1) is 25.3. The van der Waals surface area contributed by atoms with Crippen molar-refractivity contribution in [3.63, 3.8) is 0 Å². The highest BCUT2D eigenvalue weighted by Gasteiger charge is 2.58. The summed E-state index contributed by atoms with van der Waals surface area (Å²) in [6.07, 6.45) is -2.55. The lowest BCUT2D eigenvalue weighted by Gasteiger charge is -2.33. The fraction of sp³-hybridized carbons (Fsp3) is 0.464. The second-order valence-electron chi connectivity index (χ2n) is 10.9. The van der Waals surface area contributed by atoms with Gasteiger partial charge in [-0.3, -0.25) is 9.59 Å². The normalized spacial score (nSPS) is 27.0.